The minimum atomic E-state index is -0.528. The van der Waals surface area contributed by atoms with E-state index in [1.165, 1.54) is 6.08 Å². The maximum absolute atomic E-state index is 10.9. The van der Waals surface area contributed by atoms with Crippen LogP contribution in [-0.2, 0) is 19.1 Å². The molecule has 0 radical (unpaired) electrons. The molecule has 0 aliphatic carbocycles. The van der Waals surface area contributed by atoms with E-state index in [0.717, 1.165) is 12.8 Å². The largest absolute Gasteiger partial charge is 0.463 e. The van der Waals surface area contributed by atoms with E-state index >= 15 is 0 Å². The van der Waals surface area contributed by atoms with Gasteiger partial charge < -0.3 is 9.47 Å². The van der Waals surface area contributed by atoms with Crippen molar-refractivity contribution in [2.45, 2.75) is 26.7 Å². The third-order valence-electron chi connectivity index (χ3n) is 1.40. The second-order valence-electron chi connectivity index (χ2n) is 2.68. The average molecular weight is 200 g/mol. The van der Waals surface area contributed by atoms with Gasteiger partial charge in [-0.15, -0.1) is 0 Å². The zero-order chi connectivity index (χ0) is 10.8. The molecule has 0 aromatic rings. The zero-order valence-corrected chi connectivity index (χ0v) is 8.62. The Morgan fingerprint density at radius 1 is 1.29 bits per heavy atom. The Hall–Kier alpha value is -1.32. The summed E-state index contributed by atoms with van der Waals surface area (Å²) in [4.78, 5) is 21.7. The SMILES string of the molecule is C/C=C/C(=O)OCC(=O)OCCCC. The first-order valence-electron chi connectivity index (χ1n) is 4.65. The van der Waals surface area contributed by atoms with Gasteiger partial charge in [-0.1, -0.05) is 19.4 Å². The lowest BCUT2D eigenvalue weighted by Crippen LogP contribution is -2.15. The van der Waals surface area contributed by atoms with Gasteiger partial charge in [-0.25, -0.2) is 9.59 Å². The van der Waals surface area contributed by atoms with Crippen LogP contribution in [0.4, 0.5) is 0 Å². The molecular formula is C10H16O4. The van der Waals surface area contributed by atoms with E-state index < -0.39 is 11.9 Å². The van der Waals surface area contributed by atoms with Gasteiger partial charge in [-0.3, -0.25) is 0 Å². The summed E-state index contributed by atoms with van der Waals surface area (Å²) in [6.07, 6.45) is 4.59. The summed E-state index contributed by atoms with van der Waals surface area (Å²) in [5, 5.41) is 0. The summed E-state index contributed by atoms with van der Waals surface area (Å²) in [7, 11) is 0. The Balaban J connectivity index is 3.48. The highest BCUT2D eigenvalue weighted by Gasteiger charge is 2.04. The fourth-order valence-electron chi connectivity index (χ4n) is 0.686. The second-order valence-corrected chi connectivity index (χ2v) is 2.68. The van der Waals surface area contributed by atoms with Crippen molar-refractivity contribution in [3.63, 3.8) is 0 Å². The summed E-state index contributed by atoms with van der Waals surface area (Å²) >= 11 is 0. The third-order valence-corrected chi connectivity index (χ3v) is 1.40. The molecule has 0 heterocycles. The van der Waals surface area contributed by atoms with E-state index in [9.17, 15) is 9.59 Å². The predicted molar refractivity (Wildman–Crippen MR) is 51.6 cm³/mol. The van der Waals surface area contributed by atoms with Gasteiger partial charge in [-0.2, -0.15) is 0 Å². The number of allylic oxidation sites excluding steroid dienone is 1. The molecular weight excluding hydrogens is 184 g/mol. The lowest BCUT2D eigenvalue weighted by Gasteiger charge is -2.03. The molecule has 0 aliphatic heterocycles. The minimum absolute atomic E-state index is 0.313. The van der Waals surface area contributed by atoms with Crippen LogP contribution in [0.1, 0.15) is 26.7 Å². The molecule has 0 bridgehead atoms. The number of hydrogen-bond acceptors (Lipinski definition) is 4. The molecule has 0 aliphatic rings. The molecule has 0 N–H and O–H groups in total. The second kappa shape index (κ2) is 8.29. The number of esters is 2. The molecule has 0 fully saturated rings. The molecule has 0 aromatic carbocycles. The fraction of sp³-hybridized carbons (Fsp3) is 0.600. The Kier molecular flexibility index (Phi) is 7.50. The van der Waals surface area contributed by atoms with Crippen molar-refractivity contribution in [3.05, 3.63) is 12.2 Å². The van der Waals surface area contributed by atoms with E-state index in [0.29, 0.717) is 6.61 Å². The van der Waals surface area contributed by atoms with Crippen molar-refractivity contribution in [1.29, 1.82) is 0 Å². The lowest BCUT2D eigenvalue weighted by molar-refractivity contribution is -0.156. The predicted octanol–water partition coefficient (Wildman–Crippen LogP) is 1.45. The molecule has 0 spiro atoms. The van der Waals surface area contributed by atoms with Crippen LogP contribution in [-0.4, -0.2) is 25.2 Å². The van der Waals surface area contributed by atoms with Gasteiger partial charge in [0.2, 0.25) is 0 Å². The highest BCUT2D eigenvalue weighted by Crippen LogP contribution is 1.90. The Bertz CT molecular complexity index is 208. The summed E-state index contributed by atoms with van der Waals surface area (Å²) in [6, 6.07) is 0. The van der Waals surface area contributed by atoms with Gasteiger partial charge >= 0.3 is 11.9 Å². The van der Waals surface area contributed by atoms with Crippen molar-refractivity contribution in [2.24, 2.45) is 0 Å². The molecule has 0 atom stereocenters. The topological polar surface area (TPSA) is 52.6 Å². The molecule has 0 saturated heterocycles. The van der Waals surface area contributed by atoms with E-state index in [1.807, 2.05) is 6.92 Å². The number of hydrogen-bond donors (Lipinski definition) is 0. The van der Waals surface area contributed by atoms with Gasteiger partial charge in [-0.05, 0) is 13.3 Å². The maximum atomic E-state index is 10.9. The van der Waals surface area contributed by atoms with Gasteiger partial charge in [0.15, 0.2) is 6.61 Å². The Labute approximate surface area is 83.9 Å². The van der Waals surface area contributed by atoms with Crippen LogP contribution in [0.2, 0.25) is 0 Å². The molecule has 0 saturated carbocycles. The average Bonchev–Trinajstić information content (AvgIpc) is 2.16. The number of carbonyl (C=O) groups excluding carboxylic acids is 2. The van der Waals surface area contributed by atoms with E-state index in [4.69, 9.17) is 4.74 Å². The first-order valence-corrected chi connectivity index (χ1v) is 4.65. The van der Waals surface area contributed by atoms with Crippen molar-refractivity contribution in [2.75, 3.05) is 13.2 Å². The maximum Gasteiger partial charge on any atom is 0.344 e. The van der Waals surface area contributed by atoms with Crippen LogP contribution >= 0.6 is 0 Å². The van der Waals surface area contributed by atoms with Crippen LogP contribution in [0.3, 0.4) is 0 Å². The fourth-order valence-corrected chi connectivity index (χ4v) is 0.686. The monoisotopic (exact) mass is 200 g/mol. The molecule has 80 valence electrons. The van der Waals surface area contributed by atoms with Crippen LogP contribution in [0.25, 0.3) is 0 Å². The van der Waals surface area contributed by atoms with Gasteiger partial charge in [0.05, 0.1) is 6.61 Å². The van der Waals surface area contributed by atoms with Crippen LogP contribution in [0.15, 0.2) is 12.2 Å². The number of ether oxygens (including phenoxy) is 2. The minimum Gasteiger partial charge on any atom is -0.463 e. The summed E-state index contributed by atoms with van der Waals surface area (Å²) in [5.41, 5.74) is 0. The van der Waals surface area contributed by atoms with Gasteiger partial charge in [0.1, 0.15) is 0 Å². The molecule has 0 unspecified atom stereocenters. The highest BCUT2D eigenvalue weighted by atomic mass is 16.6. The molecule has 0 amide bonds. The van der Waals surface area contributed by atoms with Crippen molar-refractivity contribution in [1.82, 2.24) is 0 Å². The van der Waals surface area contributed by atoms with Gasteiger partial charge in [0, 0.05) is 6.08 Å². The number of rotatable bonds is 6. The number of carbonyl (C=O) groups is 2. The van der Waals surface area contributed by atoms with E-state index in [1.54, 1.807) is 13.0 Å². The first kappa shape index (κ1) is 12.7. The molecule has 0 aromatic heterocycles. The first-order chi connectivity index (χ1) is 6.70. The molecule has 14 heavy (non-hydrogen) atoms. The van der Waals surface area contributed by atoms with E-state index in [2.05, 4.69) is 4.74 Å². The standard InChI is InChI=1S/C10H16O4/c1-3-5-7-13-10(12)8-14-9(11)6-4-2/h4,6H,3,5,7-8H2,1-2H3/b6-4+. The third kappa shape index (κ3) is 7.34. The quantitative estimate of drug-likeness (QED) is 0.370. The van der Waals surface area contributed by atoms with Crippen molar-refractivity contribution >= 4 is 11.9 Å². The molecule has 4 heteroatoms. The zero-order valence-electron chi connectivity index (χ0n) is 8.62. The molecule has 4 nitrogen and oxygen atoms in total. The summed E-state index contributed by atoms with van der Waals surface area (Å²) < 4.78 is 9.35. The molecule has 0 rings (SSSR count). The van der Waals surface area contributed by atoms with Crippen LogP contribution in [0, 0.1) is 0 Å². The van der Waals surface area contributed by atoms with E-state index in [-0.39, 0.29) is 6.61 Å². The van der Waals surface area contributed by atoms with Crippen LogP contribution < -0.4 is 0 Å². The number of unbranched alkanes of at least 4 members (excludes halogenated alkanes) is 1. The van der Waals surface area contributed by atoms with Crippen LogP contribution in [0.5, 0.6) is 0 Å². The Morgan fingerprint density at radius 3 is 2.57 bits per heavy atom. The van der Waals surface area contributed by atoms with Crippen molar-refractivity contribution < 1.29 is 19.1 Å². The summed E-state index contributed by atoms with van der Waals surface area (Å²) in [6.45, 7) is 3.77. The highest BCUT2D eigenvalue weighted by molar-refractivity contribution is 5.84. The normalized spacial score (nSPS) is 10.1. The smallest absolute Gasteiger partial charge is 0.344 e. The summed E-state index contributed by atoms with van der Waals surface area (Å²) in [5.74, 6) is -1.03. The lowest BCUT2D eigenvalue weighted by atomic mass is 10.4. The van der Waals surface area contributed by atoms with Crippen molar-refractivity contribution in [3.8, 4) is 0 Å². The van der Waals surface area contributed by atoms with Gasteiger partial charge in [0.25, 0.3) is 0 Å². The Morgan fingerprint density at radius 2 is 2.00 bits per heavy atom.